The Kier molecular flexibility index (Phi) is 6.76. The normalized spacial score (nSPS) is 12.6. The zero-order valence-corrected chi connectivity index (χ0v) is 12.5. The van der Waals surface area contributed by atoms with Gasteiger partial charge in [0, 0.05) is 23.7 Å². The third-order valence-corrected chi connectivity index (χ3v) is 3.00. The highest BCUT2D eigenvalue weighted by Crippen LogP contribution is 2.22. The SMILES string of the molecule is COc1ccc(Cl)cc1CNC(=O)NCC[C@@H](O)C(F)(F)F. The van der Waals surface area contributed by atoms with Gasteiger partial charge in [0.15, 0.2) is 6.10 Å². The number of carbonyl (C=O) groups excluding carboxylic acids is 1. The molecule has 0 bridgehead atoms. The second kappa shape index (κ2) is 8.09. The van der Waals surface area contributed by atoms with Gasteiger partial charge in [-0.15, -0.1) is 0 Å². The van der Waals surface area contributed by atoms with Gasteiger partial charge in [0.05, 0.1) is 7.11 Å². The van der Waals surface area contributed by atoms with Gasteiger partial charge in [-0.2, -0.15) is 13.2 Å². The molecule has 1 aromatic carbocycles. The summed E-state index contributed by atoms with van der Waals surface area (Å²) < 4.78 is 41.3. The quantitative estimate of drug-likeness (QED) is 0.745. The largest absolute Gasteiger partial charge is 0.496 e. The van der Waals surface area contributed by atoms with E-state index in [2.05, 4.69) is 10.6 Å². The zero-order valence-electron chi connectivity index (χ0n) is 11.7. The van der Waals surface area contributed by atoms with E-state index in [-0.39, 0.29) is 13.1 Å². The molecule has 0 aliphatic carbocycles. The van der Waals surface area contributed by atoms with Crippen molar-refractivity contribution in [2.24, 2.45) is 0 Å². The van der Waals surface area contributed by atoms with Crippen molar-refractivity contribution in [2.45, 2.75) is 25.2 Å². The molecular formula is C13H16ClF3N2O3. The van der Waals surface area contributed by atoms with Gasteiger partial charge in [-0.25, -0.2) is 4.79 Å². The summed E-state index contributed by atoms with van der Waals surface area (Å²) in [5, 5.41) is 13.9. The second-order valence-corrected chi connectivity index (χ2v) is 4.85. The topological polar surface area (TPSA) is 70.6 Å². The van der Waals surface area contributed by atoms with Crippen LogP contribution in [0, 0.1) is 0 Å². The van der Waals surface area contributed by atoms with E-state index in [0.29, 0.717) is 16.3 Å². The van der Waals surface area contributed by atoms with Crippen LogP contribution in [0.2, 0.25) is 5.02 Å². The van der Waals surface area contributed by atoms with Crippen molar-refractivity contribution in [2.75, 3.05) is 13.7 Å². The van der Waals surface area contributed by atoms with Gasteiger partial charge in [0.2, 0.25) is 0 Å². The molecule has 5 nitrogen and oxygen atoms in total. The number of hydrogen-bond donors (Lipinski definition) is 3. The van der Waals surface area contributed by atoms with Gasteiger partial charge < -0.3 is 20.5 Å². The Morgan fingerprint density at radius 2 is 2.09 bits per heavy atom. The average molecular weight is 341 g/mol. The van der Waals surface area contributed by atoms with Crippen molar-refractivity contribution < 1.29 is 27.8 Å². The van der Waals surface area contributed by atoms with Crippen molar-refractivity contribution in [3.8, 4) is 5.75 Å². The molecule has 124 valence electrons. The van der Waals surface area contributed by atoms with Crippen LogP contribution in [0.15, 0.2) is 18.2 Å². The van der Waals surface area contributed by atoms with Crippen molar-refractivity contribution >= 4 is 17.6 Å². The Labute approximate surface area is 130 Å². The maximum absolute atomic E-state index is 12.1. The number of methoxy groups -OCH3 is 1. The van der Waals surface area contributed by atoms with Crippen molar-refractivity contribution in [3.63, 3.8) is 0 Å². The van der Waals surface area contributed by atoms with Crippen LogP contribution in [0.3, 0.4) is 0 Å². The smallest absolute Gasteiger partial charge is 0.414 e. The lowest BCUT2D eigenvalue weighted by Gasteiger charge is -2.15. The molecule has 1 rings (SSSR count). The molecule has 0 aliphatic heterocycles. The molecule has 1 aromatic rings. The summed E-state index contributed by atoms with van der Waals surface area (Å²) in [7, 11) is 1.46. The average Bonchev–Trinajstić information content (AvgIpc) is 2.44. The molecule has 0 fully saturated rings. The predicted octanol–water partition coefficient (Wildman–Crippen LogP) is 2.46. The molecule has 1 atom stereocenters. The molecule has 0 unspecified atom stereocenters. The van der Waals surface area contributed by atoms with Crippen molar-refractivity contribution in [1.82, 2.24) is 10.6 Å². The lowest BCUT2D eigenvalue weighted by atomic mass is 10.2. The first-order valence-corrected chi connectivity index (χ1v) is 6.70. The Bertz CT molecular complexity index is 512. The lowest BCUT2D eigenvalue weighted by molar-refractivity contribution is -0.204. The summed E-state index contributed by atoms with van der Waals surface area (Å²) in [6.07, 6.45) is -7.76. The number of carbonyl (C=O) groups is 1. The maximum Gasteiger partial charge on any atom is 0.414 e. The minimum atomic E-state index is -4.69. The van der Waals surface area contributed by atoms with Gasteiger partial charge in [0.1, 0.15) is 5.75 Å². The molecule has 0 spiro atoms. The van der Waals surface area contributed by atoms with E-state index in [9.17, 15) is 18.0 Å². The standard InChI is InChI=1S/C13H16ClF3N2O3/c1-22-10-3-2-9(14)6-8(10)7-19-12(21)18-5-4-11(20)13(15,16)17/h2-3,6,11,20H,4-5,7H2,1H3,(H2,18,19,21)/t11-/m1/s1. The van der Waals surface area contributed by atoms with E-state index in [1.807, 2.05) is 0 Å². The first-order valence-electron chi connectivity index (χ1n) is 6.33. The number of urea groups is 1. The fourth-order valence-corrected chi connectivity index (χ4v) is 1.80. The van der Waals surface area contributed by atoms with E-state index < -0.39 is 24.7 Å². The molecule has 22 heavy (non-hydrogen) atoms. The highest BCUT2D eigenvalue weighted by molar-refractivity contribution is 6.30. The van der Waals surface area contributed by atoms with E-state index in [0.717, 1.165) is 0 Å². The van der Waals surface area contributed by atoms with E-state index in [4.69, 9.17) is 21.4 Å². The van der Waals surface area contributed by atoms with Gasteiger partial charge in [-0.05, 0) is 24.6 Å². The first kappa shape index (κ1) is 18.4. The van der Waals surface area contributed by atoms with Crippen LogP contribution in [0.25, 0.3) is 0 Å². The fourth-order valence-electron chi connectivity index (χ4n) is 1.61. The summed E-state index contributed by atoms with van der Waals surface area (Å²) in [5.41, 5.74) is 0.625. The fraction of sp³-hybridized carbons (Fsp3) is 0.462. The van der Waals surface area contributed by atoms with E-state index >= 15 is 0 Å². The summed E-state index contributed by atoms with van der Waals surface area (Å²) >= 11 is 5.83. The summed E-state index contributed by atoms with van der Waals surface area (Å²) in [6.45, 7) is -0.212. The minimum Gasteiger partial charge on any atom is -0.496 e. The van der Waals surface area contributed by atoms with Crippen LogP contribution in [0.4, 0.5) is 18.0 Å². The van der Waals surface area contributed by atoms with Crippen LogP contribution >= 0.6 is 11.6 Å². The summed E-state index contributed by atoms with van der Waals surface area (Å²) in [6, 6.07) is 4.21. The highest BCUT2D eigenvalue weighted by atomic mass is 35.5. The van der Waals surface area contributed by atoms with Crippen molar-refractivity contribution in [1.29, 1.82) is 0 Å². The van der Waals surface area contributed by atoms with Crippen LogP contribution in [0.5, 0.6) is 5.75 Å². The van der Waals surface area contributed by atoms with Crippen LogP contribution in [-0.2, 0) is 6.54 Å². The van der Waals surface area contributed by atoms with Crippen LogP contribution in [-0.4, -0.2) is 37.1 Å². The molecule has 0 heterocycles. The Morgan fingerprint density at radius 1 is 1.41 bits per heavy atom. The molecule has 2 amide bonds. The molecule has 0 radical (unpaired) electrons. The van der Waals surface area contributed by atoms with Crippen LogP contribution in [0.1, 0.15) is 12.0 Å². The molecule has 0 aromatic heterocycles. The third-order valence-electron chi connectivity index (χ3n) is 2.76. The Hall–Kier alpha value is -1.67. The summed E-state index contributed by atoms with van der Waals surface area (Å²) in [4.78, 5) is 11.5. The molecular weight excluding hydrogens is 325 g/mol. The molecule has 0 saturated carbocycles. The minimum absolute atomic E-state index is 0.0946. The highest BCUT2D eigenvalue weighted by Gasteiger charge is 2.37. The summed E-state index contributed by atoms with van der Waals surface area (Å²) in [5.74, 6) is 0.525. The number of benzene rings is 1. The predicted molar refractivity (Wildman–Crippen MR) is 74.9 cm³/mol. The number of nitrogens with one attached hydrogen (secondary N) is 2. The molecule has 3 N–H and O–H groups in total. The number of halogens is 4. The number of hydrogen-bond acceptors (Lipinski definition) is 3. The van der Waals surface area contributed by atoms with Crippen molar-refractivity contribution in [3.05, 3.63) is 28.8 Å². The van der Waals surface area contributed by atoms with Gasteiger partial charge in [-0.3, -0.25) is 0 Å². The Morgan fingerprint density at radius 3 is 2.68 bits per heavy atom. The lowest BCUT2D eigenvalue weighted by Crippen LogP contribution is -2.38. The number of alkyl halides is 3. The van der Waals surface area contributed by atoms with Gasteiger partial charge >= 0.3 is 12.2 Å². The second-order valence-electron chi connectivity index (χ2n) is 4.41. The number of aliphatic hydroxyl groups excluding tert-OH is 1. The third kappa shape index (κ3) is 5.98. The molecule has 0 saturated heterocycles. The number of aliphatic hydroxyl groups is 1. The molecule has 9 heteroatoms. The van der Waals surface area contributed by atoms with Crippen LogP contribution < -0.4 is 15.4 Å². The first-order chi connectivity index (χ1) is 10.2. The number of rotatable bonds is 6. The van der Waals surface area contributed by atoms with Gasteiger partial charge in [-0.1, -0.05) is 11.6 Å². The van der Waals surface area contributed by atoms with E-state index in [1.165, 1.54) is 7.11 Å². The number of ether oxygens (including phenoxy) is 1. The monoisotopic (exact) mass is 340 g/mol. The van der Waals surface area contributed by atoms with Gasteiger partial charge in [0.25, 0.3) is 0 Å². The molecule has 0 aliphatic rings. The number of amides is 2. The maximum atomic E-state index is 12.1. The van der Waals surface area contributed by atoms with E-state index in [1.54, 1.807) is 18.2 Å². The zero-order chi connectivity index (χ0) is 16.8. The Balaban J connectivity index is 2.39.